The van der Waals surface area contributed by atoms with E-state index < -0.39 is 36.9 Å². The Bertz CT molecular complexity index is 701. The normalized spacial score (nSPS) is 16.2. The van der Waals surface area contributed by atoms with Crippen molar-refractivity contribution >= 4 is 23.1 Å². The lowest BCUT2D eigenvalue weighted by Crippen LogP contribution is -2.55. The number of ether oxygens (including phenoxy) is 1. The van der Waals surface area contributed by atoms with E-state index in [4.69, 9.17) is 9.84 Å². The molecule has 0 spiro atoms. The van der Waals surface area contributed by atoms with Crippen LogP contribution in [0.3, 0.4) is 0 Å². The second-order valence-electron chi connectivity index (χ2n) is 5.38. The number of fused-ring (bicyclic) bond motifs is 1. The summed E-state index contributed by atoms with van der Waals surface area (Å²) in [5.74, 6) is -0.151. The van der Waals surface area contributed by atoms with Gasteiger partial charge in [0.2, 0.25) is 5.91 Å². The maximum absolute atomic E-state index is 11.3. The van der Waals surface area contributed by atoms with Crippen LogP contribution in [-0.2, 0) is 9.59 Å². The van der Waals surface area contributed by atoms with Gasteiger partial charge in [0.1, 0.15) is 30.3 Å². The summed E-state index contributed by atoms with van der Waals surface area (Å²) in [5, 5.41) is 32.0. The van der Waals surface area contributed by atoms with Gasteiger partial charge in [0, 0.05) is 24.0 Å². The van der Waals surface area contributed by atoms with E-state index in [0.717, 1.165) is 5.52 Å². The van der Waals surface area contributed by atoms with E-state index in [1.54, 1.807) is 18.3 Å². The fourth-order valence-electron chi connectivity index (χ4n) is 2.40. The van der Waals surface area contributed by atoms with Gasteiger partial charge in [-0.25, -0.2) is 0 Å². The first kappa shape index (κ1) is 17.9. The number of nitrogens with one attached hydrogen (secondary N) is 2. The summed E-state index contributed by atoms with van der Waals surface area (Å²) in [6.07, 6.45) is -2.45. The van der Waals surface area contributed by atoms with Crippen LogP contribution in [0.1, 0.15) is 6.92 Å². The molecule has 1 amide bonds. The highest BCUT2D eigenvalue weighted by Crippen LogP contribution is 2.27. The van der Waals surface area contributed by atoms with E-state index in [-0.39, 0.29) is 0 Å². The number of aldehydes is 1. The summed E-state index contributed by atoms with van der Waals surface area (Å²) < 4.78 is 5.71. The minimum absolute atomic E-state index is 0.344. The molecule has 8 heteroatoms. The minimum Gasteiger partial charge on any atom is -0.483 e. The average molecular weight is 336 g/mol. The topological polar surface area (TPSA) is 132 Å². The average Bonchev–Trinajstić information content (AvgIpc) is 2.99. The number of aromatic amines is 1. The molecule has 1 aromatic heterocycles. The number of benzene rings is 1. The van der Waals surface area contributed by atoms with Crippen LogP contribution in [0.25, 0.3) is 10.9 Å². The van der Waals surface area contributed by atoms with Crippen molar-refractivity contribution in [3.63, 3.8) is 0 Å². The first-order valence-electron chi connectivity index (χ1n) is 7.40. The first-order valence-corrected chi connectivity index (χ1v) is 7.40. The molecule has 1 heterocycles. The van der Waals surface area contributed by atoms with Gasteiger partial charge in [-0.2, -0.15) is 0 Å². The van der Waals surface area contributed by atoms with Crippen LogP contribution in [0.4, 0.5) is 0 Å². The molecule has 5 N–H and O–H groups in total. The first-order chi connectivity index (χ1) is 11.5. The molecule has 0 fully saturated rings. The number of hydrogen-bond donors (Lipinski definition) is 5. The Morgan fingerprint density at radius 3 is 2.71 bits per heavy atom. The summed E-state index contributed by atoms with van der Waals surface area (Å²) in [6, 6.07) is 6.02. The zero-order valence-corrected chi connectivity index (χ0v) is 13.0. The molecular formula is C16H20N2O6. The number of aromatic nitrogens is 1. The maximum atomic E-state index is 11.3. The third-order valence-electron chi connectivity index (χ3n) is 3.60. The second kappa shape index (κ2) is 7.91. The lowest BCUT2D eigenvalue weighted by atomic mass is 10.0. The predicted octanol–water partition coefficient (Wildman–Crippen LogP) is -0.667. The monoisotopic (exact) mass is 336 g/mol. The van der Waals surface area contributed by atoms with Crippen molar-refractivity contribution < 1.29 is 29.6 Å². The van der Waals surface area contributed by atoms with Crippen molar-refractivity contribution in [3.05, 3.63) is 30.5 Å². The smallest absolute Gasteiger partial charge is 0.217 e. The third-order valence-corrected chi connectivity index (χ3v) is 3.60. The van der Waals surface area contributed by atoms with Gasteiger partial charge in [-0.15, -0.1) is 0 Å². The predicted molar refractivity (Wildman–Crippen MR) is 85.5 cm³/mol. The van der Waals surface area contributed by atoms with Gasteiger partial charge in [-0.3, -0.25) is 4.79 Å². The molecule has 0 aliphatic carbocycles. The lowest BCUT2D eigenvalue weighted by Gasteiger charge is -2.30. The van der Waals surface area contributed by atoms with Crippen molar-refractivity contribution in [2.45, 2.75) is 31.3 Å². The zero-order valence-electron chi connectivity index (χ0n) is 13.0. The summed E-state index contributed by atoms with van der Waals surface area (Å²) in [4.78, 5) is 25.6. The van der Waals surface area contributed by atoms with E-state index in [1.165, 1.54) is 6.92 Å². The Balaban J connectivity index is 2.34. The fraction of sp³-hybridized carbons (Fsp3) is 0.375. The summed E-state index contributed by atoms with van der Waals surface area (Å²) >= 11 is 0. The molecule has 0 saturated carbocycles. The molecule has 0 bridgehead atoms. The Hall–Kier alpha value is -2.42. The van der Waals surface area contributed by atoms with Gasteiger partial charge >= 0.3 is 0 Å². The van der Waals surface area contributed by atoms with Crippen LogP contribution >= 0.6 is 0 Å². The van der Waals surface area contributed by atoms with Gasteiger partial charge in [-0.1, -0.05) is 12.1 Å². The summed E-state index contributed by atoms with van der Waals surface area (Å²) in [7, 11) is 0. The minimum atomic E-state index is -1.59. The van der Waals surface area contributed by atoms with Crippen LogP contribution < -0.4 is 10.1 Å². The fourth-order valence-corrected chi connectivity index (χ4v) is 2.40. The van der Waals surface area contributed by atoms with Crippen molar-refractivity contribution in [2.75, 3.05) is 6.61 Å². The van der Waals surface area contributed by atoms with Crippen LogP contribution in [0, 0.1) is 0 Å². The quantitative estimate of drug-likeness (QED) is 0.406. The molecule has 2 rings (SSSR count). The summed E-state index contributed by atoms with van der Waals surface area (Å²) in [6.45, 7) is 0.495. The van der Waals surface area contributed by atoms with Crippen molar-refractivity contribution in [1.29, 1.82) is 0 Å². The van der Waals surface area contributed by atoms with Crippen molar-refractivity contribution in [1.82, 2.24) is 10.3 Å². The van der Waals surface area contributed by atoms with Crippen LogP contribution in [0.2, 0.25) is 0 Å². The number of carbonyl (C=O) groups is 2. The van der Waals surface area contributed by atoms with Gasteiger partial charge < -0.3 is 35.2 Å². The Morgan fingerprint density at radius 1 is 1.38 bits per heavy atom. The molecule has 0 saturated heterocycles. The number of amides is 1. The lowest BCUT2D eigenvalue weighted by molar-refractivity contribution is -0.128. The highest BCUT2D eigenvalue weighted by Gasteiger charge is 2.35. The van der Waals surface area contributed by atoms with Crippen LogP contribution in [-0.4, -0.2) is 63.5 Å². The maximum Gasteiger partial charge on any atom is 0.217 e. The molecule has 4 atom stereocenters. The number of carbonyl (C=O) groups excluding carboxylic acids is 2. The van der Waals surface area contributed by atoms with Gasteiger partial charge in [0.25, 0.3) is 0 Å². The number of rotatable bonds is 8. The van der Waals surface area contributed by atoms with Crippen molar-refractivity contribution in [2.24, 2.45) is 0 Å². The SMILES string of the molecule is CC(=O)N[C@@H](C=O)[C@@H](Oc1c[nH]c2ccccc12)[C@H](O)[C@H](O)CO. The van der Waals surface area contributed by atoms with Gasteiger partial charge in [0.15, 0.2) is 6.10 Å². The van der Waals surface area contributed by atoms with E-state index in [0.29, 0.717) is 17.4 Å². The number of hydrogen-bond acceptors (Lipinski definition) is 6. The highest BCUT2D eigenvalue weighted by molar-refractivity contribution is 5.86. The summed E-state index contributed by atoms with van der Waals surface area (Å²) in [5.41, 5.74) is 0.783. The van der Waals surface area contributed by atoms with Gasteiger partial charge in [0.05, 0.1) is 6.61 Å². The number of aliphatic hydroxyl groups excluding tert-OH is 3. The van der Waals surface area contributed by atoms with E-state index >= 15 is 0 Å². The highest BCUT2D eigenvalue weighted by atomic mass is 16.5. The van der Waals surface area contributed by atoms with Crippen LogP contribution in [0.15, 0.2) is 30.5 Å². The molecule has 0 radical (unpaired) electrons. The van der Waals surface area contributed by atoms with Gasteiger partial charge in [-0.05, 0) is 12.1 Å². The molecule has 2 aromatic rings. The molecule has 0 unspecified atom stereocenters. The molecule has 0 aliphatic heterocycles. The number of H-pyrrole nitrogens is 1. The second-order valence-corrected chi connectivity index (χ2v) is 5.38. The van der Waals surface area contributed by atoms with Crippen LogP contribution in [0.5, 0.6) is 5.75 Å². The third kappa shape index (κ3) is 3.91. The molecule has 0 aliphatic rings. The molecule has 8 nitrogen and oxygen atoms in total. The van der Waals surface area contributed by atoms with Crippen molar-refractivity contribution in [3.8, 4) is 5.75 Å². The molecular weight excluding hydrogens is 316 g/mol. The van der Waals surface area contributed by atoms with E-state index in [1.807, 2.05) is 12.1 Å². The largest absolute Gasteiger partial charge is 0.483 e. The molecule has 24 heavy (non-hydrogen) atoms. The van der Waals surface area contributed by atoms with E-state index in [9.17, 15) is 19.8 Å². The Morgan fingerprint density at radius 2 is 2.08 bits per heavy atom. The molecule has 1 aromatic carbocycles. The standard InChI is InChI=1S/C16H20N2O6/c1-9(21)18-12(7-19)16(15(23)13(22)8-20)24-14-6-17-11-5-3-2-4-10(11)14/h2-7,12-13,15-17,20,22-23H,8H2,1H3,(H,18,21)/t12-,13+,15+,16+/m0/s1. The van der Waals surface area contributed by atoms with E-state index in [2.05, 4.69) is 10.3 Å². The number of para-hydroxylation sites is 1. The zero-order chi connectivity index (χ0) is 17.7. The Labute approximate surface area is 138 Å². The number of aliphatic hydroxyl groups is 3. The molecule has 130 valence electrons. The Kier molecular flexibility index (Phi) is 5.91.